The molecule has 350 valence electrons. The second-order valence-electron chi connectivity index (χ2n) is 18.2. The van der Waals surface area contributed by atoms with Gasteiger partial charge in [0.25, 0.3) is 5.91 Å². The van der Waals surface area contributed by atoms with E-state index in [0.29, 0.717) is 66.6 Å². The van der Waals surface area contributed by atoms with Gasteiger partial charge in [0.15, 0.2) is 11.5 Å². The van der Waals surface area contributed by atoms with Gasteiger partial charge in [-0.25, -0.2) is 0 Å². The third kappa shape index (κ3) is 9.82. The second-order valence-corrected chi connectivity index (χ2v) is 18.2. The van der Waals surface area contributed by atoms with Crippen LogP contribution in [0.15, 0.2) is 90.1 Å². The Kier molecular flexibility index (Phi) is 14.6. The minimum absolute atomic E-state index is 0.0466. The van der Waals surface area contributed by atoms with Crippen LogP contribution in [0, 0.1) is 29.1 Å². The minimum atomic E-state index is -1.48. The van der Waals surface area contributed by atoms with Crippen molar-refractivity contribution < 1.29 is 48.3 Å². The fraction of sp³-hybridized carbons (Fsp3) is 0.519. The van der Waals surface area contributed by atoms with Crippen LogP contribution in [0.4, 0.5) is 0 Å². The topological polar surface area (TPSA) is 165 Å². The molecule has 4 aliphatic heterocycles. The van der Waals surface area contributed by atoms with Crippen LogP contribution in [0.5, 0.6) is 23.0 Å². The van der Waals surface area contributed by atoms with Crippen LogP contribution in [0.2, 0.25) is 0 Å². The summed E-state index contributed by atoms with van der Waals surface area (Å²) in [5.41, 5.74) is 4.26. The third-order valence-electron chi connectivity index (χ3n) is 14.0. The van der Waals surface area contributed by atoms with E-state index >= 15 is 4.79 Å². The molecule has 6 aliphatic rings. The fourth-order valence-electron chi connectivity index (χ4n) is 10.7. The summed E-state index contributed by atoms with van der Waals surface area (Å²) in [5.74, 6) is 0.237. The van der Waals surface area contributed by atoms with Gasteiger partial charge in [0.2, 0.25) is 18.9 Å². The van der Waals surface area contributed by atoms with E-state index in [1.807, 2.05) is 35.2 Å². The molecule has 7 atom stereocenters. The number of benzene rings is 3. The molecule has 3 aromatic rings. The molecule has 7 unspecified atom stereocenters. The predicted octanol–water partition coefficient (Wildman–Crippen LogP) is 7.48. The Morgan fingerprint density at radius 3 is 2.55 bits per heavy atom. The molecule has 1 amide bonds. The quantitative estimate of drug-likeness (QED) is 0.0470. The number of carbonyl (C=O) groups is 1. The van der Waals surface area contributed by atoms with Crippen molar-refractivity contribution in [3.05, 3.63) is 107 Å². The summed E-state index contributed by atoms with van der Waals surface area (Å²) in [6, 6.07) is 19.8. The van der Waals surface area contributed by atoms with E-state index in [2.05, 4.69) is 29.7 Å². The summed E-state index contributed by atoms with van der Waals surface area (Å²) in [5, 5.41) is 34.8. The van der Waals surface area contributed by atoms with Gasteiger partial charge < -0.3 is 48.4 Å². The van der Waals surface area contributed by atoms with Gasteiger partial charge in [0.05, 0.1) is 36.5 Å². The van der Waals surface area contributed by atoms with Gasteiger partial charge in [0.1, 0.15) is 24.1 Å². The molecule has 0 aromatic heterocycles. The average Bonchev–Trinajstić information content (AvgIpc) is 4.06. The second kappa shape index (κ2) is 21.0. The highest BCUT2D eigenvalue weighted by Crippen LogP contribution is 2.62. The van der Waals surface area contributed by atoms with Crippen LogP contribution >= 0.6 is 0 Å². The van der Waals surface area contributed by atoms with Crippen LogP contribution in [0.25, 0.3) is 0 Å². The van der Waals surface area contributed by atoms with Crippen LogP contribution in [0.3, 0.4) is 0 Å². The first-order valence-corrected chi connectivity index (χ1v) is 23.8. The average molecular weight is 903 g/mol. The Bertz CT molecular complexity index is 2280. The molecule has 14 heteroatoms. The first kappa shape index (κ1) is 45.7. The first-order valence-electron chi connectivity index (χ1n) is 23.8. The van der Waals surface area contributed by atoms with Crippen molar-refractivity contribution in [2.45, 2.75) is 94.8 Å². The number of oxime groups is 1. The van der Waals surface area contributed by atoms with Crippen molar-refractivity contribution in [2.24, 2.45) is 22.9 Å². The predicted molar refractivity (Wildman–Crippen MR) is 245 cm³/mol. The number of unbranched alkanes of at least 4 members (excludes halogenated alkanes) is 2. The number of fused-ring (bicyclic) bond motifs is 3. The smallest absolute Gasteiger partial charge is 0.254 e. The highest BCUT2D eigenvalue weighted by molar-refractivity contribution is 6.03. The lowest BCUT2D eigenvalue weighted by molar-refractivity contribution is -0.255. The van der Waals surface area contributed by atoms with Gasteiger partial charge >= 0.3 is 0 Å². The highest BCUT2D eigenvalue weighted by atomic mass is 16.8. The zero-order valence-electron chi connectivity index (χ0n) is 37.7. The number of nitrogens with zero attached hydrogens (tertiary/aromatic N) is 4. The molecule has 2 aliphatic carbocycles. The summed E-state index contributed by atoms with van der Waals surface area (Å²) in [4.78, 5) is 26.0. The van der Waals surface area contributed by atoms with E-state index in [4.69, 9.17) is 38.4 Å². The number of hydrogen-bond donors (Lipinski definition) is 2. The van der Waals surface area contributed by atoms with Crippen LogP contribution < -0.4 is 18.9 Å². The SMILES string of the molecule is C=CCOC12Oc3ccc(OCCN4CC4)cc3C3C(CCCCO)C(CCCCO)C=C(C(=NOC4CCCCO4)CC1N(Cc1ccc4c(c1)OCO4)C(=O)c1ccc(C#N)cc1)C32. The number of hydrogen-bond acceptors (Lipinski definition) is 13. The maximum Gasteiger partial charge on any atom is 0.254 e. The summed E-state index contributed by atoms with van der Waals surface area (Å²) >= 11 is 0. The van der Waals surface area contributed by atoms with Crippen molar-refractivity contribution in [3.8, 4) is 29.1 Å². The fourth-order valence-corrected chi connectivity index (χ4v) is 10.7. The zero-order valence-corrected chi connectivity index (χ0v) is 37.7. The Morgan fingerprint density at radius 1 is 0.985 bits per heavy atom. The molecule has 0 radical (unpaired) electrons. The number of ether oxygens (including phenoxy) is 6. The molecule has 1 saturated carbocycles. The number of aliphatic hydroxyl groups is 2. The summed E-state index contributed by atoms with van der Waals surface area (Å²) < 4.78 is 38.7. The molecular weight excluding hydrogens is 841 g/mol. The van der Waals surface area contributed by atoms with Crippen molar-refractivity contribution in [2.75, 3.05) is 59.5 Å². The lowest BCUT2D eigenvalue weighted by Crippen LogP contribution is -2.70. The monoisotopic (exact) mass is 902 g/mol. The molecule has 0 spiro atoms. The molecule has 4 heterocycles. The van der Waals surface area contributed by atoms with Crippen molar-refractivity contribution >= 4 is 11.6 Å². The van der Waals surface area contributed by atoms with E-state index in [1.54, 1.807) is 30.3 Å². The largest absolute Gasteiger partial charge is 0.492 e. The Hall–Kier alpha value is -5.43. The van der Waals surface area contributed by atoms with E-state index in [9.17, 15) is 15.5 Å². The van der Waals surface area contributed by atoms with Gasteiger partial charge in [-0.1, -0.05) is 36.2 Å². The van der Waals surface area contributed by atoms with E-state index in [0.717, 1.165) is 80.6 Å². The Labute approximate surface area is 387 Å². The summed E-state index contributed by atoms with van der Waals surface area (Å²) in [7, 11) is 0. The lowest BCUT2D eigenvalue weighted by atomic mass is 9.55. The van der Waals surface area contributed by atoms with Crippen molar-refractivity contribution in [3.63, 3.8) is 0 Å². The molecule has 2 N–H and O–H groups in total. The number of amides is 1. The number of allylic oxidation sites excluding steroid dienone is 1. The van der Waals surface area contributed by atoms with Gasteiger partial charge in [-0.15, -0.1) is 6.58 Å². The van der Waals surface area contributed by atoms with Crippen LogP contribution in [-0.2, 0) is 20.9 Å². The molecule has 66 heavy (non-hydrogen) atoms. The van der Waals surface area contributed by atoms with Crippen LogP contribution in [0.1, 0.15) is 97.2 Å². The summed E-state index contributed by atoms with van der Waals surface area (Å²) in [6.45, 7) is 8.81. The number of carbonyl (C=O) groups excluding carboxylic acids is 1. The van der Waals surface area contributed by atoms with Gasteiger partial charge in [-0.2, -0.15) is 5.26 Å². The molecule has 2 saturated heterocycles. The zero-order chi connectivity index (χ0) is 45.5. The maximum atomic E-state index is 15.5. The summed E-state index contributed by atoms with van der Waals surface area (Å²) in [6.07, 6.45) is 11.0. The minimum Gasteiger partial charge on any atom is -0.492 e. The van der Waals surface area contributed by atoms with Gasteiger partial charge in [-0.05, 0) is 116 Å². The molecule has 3 fully saturated rings. The number of rotatable bonds is 21. The third-order valence-corrected chi connectivity index (χ3v) is 14.0. The van der Waals surface area contributed by atoms with E-state index < -0.39 is 24.0 Å². The van der Waals surface area contributed by atoms with Gasteiger partial charge in [-0.3, -0.25) is 9.69 Å². The highest BCUT2D eigenvalue weighted by Gasteiger charge is 2.65. The Balaban J connectivity index is 1.24. The number of aliphatic hydroxyl groups excluding tert-OH is 2. The first-order chi connectivity index (χ1) is 32.4. The Morgan fingerprint density at radius 2 is 1.79 bits per heavy atom. The molecule has 9 rings (SSSR count). The standard InChI is InChI=1S/C52H62N4O10/c1-2-25-64-52-47(56(51(59)37-15-12-35(32-53)13-16-37)33-36-14-18-45-46(28-36)63-34-62-45)31-43(54-66-48-11-5-8-26-61-48)41-29-38(9-3-6-23-57)40(10-4-7-24-58)49(50(41)52)42-30-39(17-19-44(42)65-52)60-27-22-55-20-21-55/h2,12-19,28-30,38,40,47-50,57-58H,1,3-11,20-27,31,33-34H2. The maximum absolute atomic E-state index is 15.5. The van der Waals surface area contributed by atoms with E-state index in [1.165, 1.54) is 0 Å². The van der Waals surface area contributed by atoms with Gasteiger partial charge in [0, 0.05) is 69.3 Å². The molecular formula is C52H62N4O10. The number of nitriles is 1. The lowest BCUT2D eigenvalue weighted by Gasteiger charge is -2.60. The normalized spacial score (nSPS) is 26.6. The van der Waals surface area contributed by atoms with Crippen molar-refractivity contribution in [1.82, 2.24) is 9.80 Å². The molecule has 0 bridgehead atoms. The van der Waals surface area contributed by atoms with Crippen molar-refractivity contribution in [1.29, 1.82) is 5.26 Å². The molecule has 3 aromatic carbocycles. The molecule has 14 nitrogen and oxygen atoms in total. The van der Waals surface area contributed by atoms with Crippen LogP contribution in [-0.4, -0.2) is 109 Å². The van der Waals surface area contributed by atoms with E-state index in [-0.39, 0.29) is 63.2 Å².